The van der Waals surface area contributed by atoms with Gasteiger partial charge in [0.15, 0.2) is 0 Å². The van der Waals surface area contributed by atoms with Gasteiger partial charge in [-0.15, -0.1) is 0 Å². The van der Waals surface area contributed by atoms with Crippen molar-refractivity contribution in [3.63, 3.8) is 0 Å². The molecule has 0 saturated heterocycles. The second-order valence-corrected chi connectivity index (χ2v) is 12.1. The minimum Gasteiger partial charge on any atom is -0.495 e. The molecule has 3 atom stereocenters. The number of allylic oxidation sites excluding steroid dienone is 1. The van der Waals surface area contributed by atoms with Crippen LogP contribution >= 0.6 is 0 Å². The summed E-state index contributed by atoms with van der Waals surface area (Å²) in [5.74, 6) is 0.841. The molecule has 0 aromatic rings. The highest BCUT2D eigenvalue weighted by Gasteiger charge is 2.58. The average Bonchev–Trinajstić information content (AvgIpc) is 2.50. The maximum Gasteiger partial charge on any atom is 0.313 e. The van der Waals surface area contributed by atoms with E-state index in [1.54, 1.807) is 0 Å². The number of carbonyl (C=O) groups excluding carboxylic acids is 1. The number of rotatable bonds is 10. The Morgan fingerprint density at radius 2 is 1.45 bits per heavy atom. The van der Waals surface area contributed by atoms with Gasteiger partial charge in [-0.25, -0.2) is 0 Å². The van der Waals surface area contributed by atoms with Gasteiger partial charge in [0.2, 0.25) is 0 Å². The highest BCUT2D eigenvalue weighted by Crippen LogP contribution is 2.53. The summed E-state index contributed by atoms with van der Waals surface area (Å²) >= 11 is 0. The minimum absolute atomic E-state index is 0.0714. The maximum absolute atomic E-state index is 13.1. The van der Waals surface area contributed by atoms with E-state index in [2.05, 4.69) is 68.9 Å². The van der Waals surface area contributed by atoms with E-state index in [-0.39, 0.29) is 22.9 Å². The second kappa shape index (κ2) is 8.99. The van der Waals surface area contributed by atoms with E-state index in [0.717, 1.165) is 0 Å². The number of hydrogen-bond acceptors (Lipinski definition) is 4. The van der Waals surface area contributed by atoms with Gasteiger partial charge in [0.1, 0.15) is 6.10 Å². The van der Waals surface area contributed by atoms with E-state index in [9.17, 15) is 4.79 Å². The number of nitrogens with two attached hydrogens (primary N) is 1. The first kappa shape index (κ1) is 28.0. The molecule has 172 valence electrons. The molecule has 0 rings (SSSR count). The predicted molar refractivity (Wildman–Crippen MR) is 123 cm³/mol. The van der Waals surface area contributed by atoms with Crippen molar-refractivity contribution >= 4 is 5.97 Å². The van der Waals surface area contributed by atoms with Gasteiger partial charge in [-0.05, 0) is 55.8 Å². The van der Waals surface area contributed by atoms with E-state index in [0.29, 0.717) is 24.5 Å². The maximum atomic E-state index is 13.1. The Labute approximate surface area is 181 Å². The monoisotopic (exact) mass is 411 g/mol. The summed E-state index contributed by atoms with van der Waals surface area (Å²) in [6.07, 6.45) is 1.27. The van der Waals surface area contributed by atoms with Crippen LogP contribution in [0.25, 0.3) is 0 Å². The molecule has 0 bridgehead atoms. The molecule has 2 N–H and O–H groups in total. The zero-order valence-electron chi connectivity index (χ0n) is 21.6. The van der Waals surface area contributed by atoms with Crippen molar-refractivity contribution in [3.05, 3.63) is 12.3 Å². The molecule has 0 aliphatic heterocycles. The molecule has 0 aromatic heterocycles. The summed E-state index contributed by atoms with van der Waals surface area (Å²) in [5, 5.41) is 0. The van der Waals surface area contributed by atoms with Crippen LogP contribution in [0.15, 0.2) is 12.3 Å². The Morgan fingerprint density at radius 3 is 1.76 bits per heavy atom. The van der Waals surface area contributed by atoms with Crippen LogP contribution in [0.3, 0.4) is 0 Å². The summed E-state index contributed by atoms with van der Waals surface area (Å²) in [6.45, 7) is 29.3. The van der Waals surface area contributed by atoms with Crippen LogP contribution in [-0.2, 0) is 14.3 Å². The van der Waals surface area contributed by atoms with E-state index in [1.807, 2.05) is 20.8 Å². The molecule has 0 fully saturated rings. The molecule has 29 heavy (non-hydrogen) atoms. The highest BCUT2D eigenvalue weighted by atomic mass is 16.5. The van der Waals surface area contributed by atoms with Crippen molar-refractivity contribution in [2.24, 2.45) is 33.3 Å². The third-order valence-electron chi connectivity index (χ3n) is 7.57. The Hall–Kier alpha value is -1.03. The second-order valence-electron chi connectivity index (χ2n) is 12.1. The molecule has 0 amide bonds. The zero-order chi connectivity index (χ0) is 23.6. The molecule has 0 spiro atoms. The van der Waals surface area contributed by atoms with Gasteiger partial charge in [-0.3, -0.25) is 4.79 Å². The van der Waals surface area contributed by atoms with Crippen molar-refractivity contribution in [2.75, 3.05) is 7.11 Å². The van der Waals surface area contributed by atoms with Crippen LogP contribution in [-0.4, -0.2) is 24.7 Å². The number of hydrogen-bond donors (Lipinski definition) is 1. The third-order valence-corrected chi connectivity index (χ3v) is 7.57. The van der Waals surface area contributed by atoms with Crippen molar-refractivity contribution in [1.82, 2.24) is 0 Å². The predicted octanol–water partition coefficient (Wildman–Crippen LogP) is 6.34. The summed E-state index contributed by atoms with van der Waals surface area (Å²) in [4.78, 5) is 13.1. The molecule has 0 saturated carbocycles. The van der Waals surface area contributed by atoms with E-state index in [4.69, 9.17) is 15.2 Å². The van der Waals surface area contributed by atoms with Crippen LogP contribution < -0.4 is 5.73 Å². The lowest BCUT2D eigenvalue weighted by Gasteiger charge is -2.55. The number of esters is 1. The van der Waals surface area contributed by atoms with Crippen LogP contribution in [0.1, 0.15) is 95.9 Å². The van der Waals surface area contributed by atoms with Gasteiger partial charge in [0.05, 0.1) is 18.3 Å². The molecule has 0 aliphatic rings. The SMILES string of the molecule is C=C(C)OC(CC(C)(C)C(C)(N)C(C)(CC(C)(C)C(C)C)C(=O)OC)C(C)(C)C. The van der Waals surface area contributed by atoms with Gasteiger partial charge >= 0.3 is 5.97 Å². The van der Waals surface area contributed by atoms with Crippen molar-refractivity contribution < 1.29 is 14.3 Å². The molecule has 0 radical (unpaired) electrons. The first-order valence-corrected chi connectivity index (χ1v) is 10.8. The molecular weight excluding hydrogens is 362 g/mol. The van der Waals surface area contributed by atoms with Crippen molar-refractivity contribution in [1.29, 1.82) is 0 Å². The fourth-order valence-electron chi connectivity index (χ4n) is 4.00. The number of ether oxygens (including phenoxy) is 2. The smallest absolute Gasteiger partial charge is 0.313 e. The zero-order valence-corrected chi connectivity index (χ0v) is 21.6. The van der Waals surface area contributed by atoms with Crippen molar-refractivity contribution in [2.45, 2.75) is 108 Å². The van der Waals surface area contributed by atoms with Crippen molar-refractivity contribution in [3.8, 4) is 0 Å². The topological polar surface area (TPSA) is 61.5 Å². The summed E-state index contributed by atoms with van der Waals surface area (Å²) in [6, 6.07) is 0. The van der Waals surface area contributed by atoms with Gasteiger partial charge in [0, 0.05) is 5.54 Å². The molecule has 3 unspecified atom stereocenters. The highest BCUT2D eigenvalue weighted by molar-refractivity contribution is 5.78. The molecule has 0 heterocycles. The first-order chi connectivity index (χ1) is 12.7. The van der Waals surface area contributed by atoms with E-state index >= 15 is 0 Å². The fourth-order valence-corrected chi connectivity index (χ4v) is 4.00. The molecule has 0 aromatic carbocycles. The molecular formula is C25H49NO3. The standard InChI is InChI=1S/C25H49NO3/c1-17(2)22(8,9)16-24(12,20(27)28-14)25(13,26)23(10,11)15-19(21(5,6)7)29-18(3)4/h17,19H,3,15-16,26H2,1-2,4-14H3. The largest absolute Gasteiger partial charge is 0.495 e. The lowest BCUT2D eigenvalue weighted by Crippen LogP contribution is -2.66. The van der Waals surface area contributed by atoms with Gasteiger partial charge in [-0.2, -0.15) is 0 Å². The van der Waals surface area contributed by atoms with Gasteiger partial charge in [-0.1, -0.05) is 68.9 Å². The molecule has 4 heteroatoms. The van der Waals surface area contributed by atoms with Gasteiger partial charge < -0.3 is 15.2 Å². The quantitative estimate of drug-likeness (QED) is 0.337. The normalized spacial score (nSPS) is 18.6. The van der Waals surface area contributed by atoms with Crippen LogP contribution in [0.4, 0.5) is 0 Å². The van der Waals surface area contributed by atoms with Crippen LogP contribution in [0.5, 0.6) is 0 Å². The average molecular weight is 412 g/mol. The Bertz CT molecular complexity index is 581. The van der Waals surface area contributed by atoms with Crippen LogP contribution in [0, 0.1) is 27.6 Å². The lowest BCUT2D eigenvalue weighted by atomic mass is 9.52. The summed E-state index contributed by atoms with van der Waals surface area (Å²) in [5.41, 5.74) is 4.84. The lowest BCUT2D eigenvalue weighted by molar-refractivity contribution is -0.165. The molecule has 0 aliphatic carbocycles. The third kappa shape index (κ3) is 6.23. The fraction of sp³-hybridized carbons (Fsp3) is 0.880. The minimum atomic E-state index is -0.856. The number of methoxy groups -OCH3 is 1. The van der Waals surface area contributed by atoms with Crippen LogP contribution in [0.2, 0.25) is 0 Å². The summed E-state index contributed by atoms with van der Waals surface area (Å²) in [7, 11) is 1.45. The Morgan fingerprint density at radius 1 is 1.00 bits per heavy atom. The number of carbonyl (C=O) groups is 1. The summed E-state index contributed by atoms with van der Waals surface area (Å²) < 4.78 is 11.4. The Kier molecular flexibility index (Phi) is 8.68. The van der Waals surface area contributed by atoms with Gasteiger partial charge in [0.25, 0.3) is 0 Å². The van der Waals surface area contributed by atoms with E-state index < -0.39 is 16.4 Å². The first-order valence-electron chi connectivity index (χ1n) is 10.8. The molecule has 4 nitrogen and oxygen atoms in total. The van der Waals surface area contributed by atoms with E-state index in [1.165, 1.54) is 7.11 Å². The Balaban J connectivity index is 6.29.